The highest BCUT2D eigenvalue weighted by atomic mass is 32.2. The van der Waals surface area contributed by atoms with Crippen molar-refractivity contribution in [3.8, 4) is 0 Å². The van der Waals surface area contributed by atoms with E-state index in [1.165, 1.54) is 0 Å². The number of hydrogen-bond acceptors (Lipinski definition) is 6. The van der Waals surface area contributed by atoms with E-state index >= 15 is 0 Å². The fourth-order valence-electron chi connectivity index (χ4n) is 5.82. The number of esters is 1. The molecular formula is C28H32N2O5S. The Morgan fingerprint density at radius 1 is 1.00 bits per heavy atom. The molecule has 0 spiro atoms. The molecule has 0 amide bonds. The van der Waals surface area contributed by atoms with Crippen molar-refractivity contribution in [3.63, 3.8) is 0 Å². The van der Waals surface area contributed by atoms with Gasteiger partial charge in [-0.05, 0) is 56.3 Å². The molecule has 2 bridgehead atoms. The van der Waals surface area contributed by atoms with Crippen molar-refractivity contribution < 1.29 is 17.9 Å². The summed E-state index contributed by atoms with van der Waals surface area (Å²) in [6.45, 7) is 4.32. The molecule has 2 aliphatic heterocycles. The van der Waals surface area contributed by atoms with Gasteiger partial charge in [0.25, 0.3) is 5.56 Å². The van der Waals surface area contributed by atoms with Crippen molar-refractivity contribution in [1.29, 1.82) is 0 Å². The lowest BCUT2D eigenvalue weighted by molar-refractivity contribution is -0.00479. The Hall–Kier alpha value is -2.97. The van der Waals surface area contributed by atoms with Gasteiger partial charge in [-0.15, -0.1) is 0 Å². The Kier molecular flexibility index (Phi) is 6.74. The molecule has 8 heteroatoms. The molecule has 0 N–H and O–H groups in total. The maximum absolute atomic E-state index is 13.2. The van der Waals surface area contributed by atoms with Gasteiger partial charge in [-0.25, -0.2) is 13.2 Å². The zero-order valence-electron chi connectivity index (χ0n) is 20.7. The highest BCUT2D eigenvalue weighted by Crippen LogP contribution is 2.37. The summed E-state index contributed by atoms with van der Waals surface area (Å²) >= 11 is 0. The average molecular weight is 509 g/mol. The molecule has 2 aromatic carbocycles. The van der Waals surface area contributed by atoms with E-state index in [1.54, 1.807) is 41.0 Å². The van der Waals surface area contributed by atoms with E-state index in [4.69, 9.17) is 4.74 Å². The molecule has 3 heterocycles. The first kappa shape index (κ1) is 24.7. The van der Waals surface area contributed by atoms with E-state index in [2.05, 4.69) is 4.90 Å². The van der Waals surface area contributed by atoms with Gasteiger partial charge in [-0.3, -0.25) is 9.69 Å². The molecule has 7 nitrogen and oxygen atoms in total. The van der Waals surface area contributed by atoms with Crippen LogP contribution >= 0.6 is 0 Å². The number of carbonyl (C=O) groups is 1. The summed E-state index contributed by atoms with van der Waals surface area (Å²) in [4.78, 5) is 29.0. The van der Waals surface area contributed by atoms with Crippen molar-refractivity contribution in [3.05, 3.63) is 76.6 Å². The van der Waals surface area contributed by atoms with Crippen molar-refractivity contribution in [2.45, 2.75) is 68.7 Å². The molecule has 3 aromatic rings. The first-order chi connectivity index (χ1) is 17.2. The molecule has 0 aliphatic carbocycles. The fraction of sp³-hybridized carbons (Fsp3) is 0.429. The summed E-state index contributed by atoms with van der Waals surface area (Å²) in [5.74, 6) is -0.509. The first-order valence-corrected chi connectivity index (χ1v) is 14.3. The largest absolute Gasteiger partial charge is 0.459 e. The van der Waals surface area contributed by atoms with Crippen molar-refractivity contribution >= 4 is 26.7 Å². The summed E-state index contributed by atoms with van der Waals surface area (Å²) in [5, 5.41) is 0.826. The third-order valence-electron chi connectivity index (χ3n) is 7.52. The number of sulfone groups is 1. The third kappa shape index (κ3) is 4.72. The predicted octanol–water partition coefficient (Wildman–Crippen LogP) is 4.21. The summed E-state index contributed by atoms with van der Waals surface area (Å²) in [6, 6.07) is 18.0. The summed E-state index contributed by atoms with van der Waals surface area (Å²) in [7, 11) is -3.35. The minimum atomic E-state index is -3.35. The van der Waals surface area contributed by atoms with Gasteiger partial charge < -0.3 is 9.30 Å². The number of ether oxygens (including phenoxy) is 1. The van der Waals surface area contributed by atoms with Gasteiger partial charge in [0.05, 0.1) is 16.2 Å². The second-order valence-electron chi connectivity index (χ2n) is 10.1. The maximum Gasteiger partial charge on any atom is 0.344 e. The molecule has 1 unspecified atom stereocenters. The Labute approximate surface area is 211 Å². The molecule has 2 saturated heterocycles. The zero-order valence-corrected chi connectivity index (χ0v) is 21.5. The van der Waals surface area contributed by atoms with E-state index in [9.17, 15) is 18.0 Å². The van der Waals surface area contributed by atoms with Gasteiger partial charge >= 0.3 is 5.97 Å². The highest BCUT2D eigenvalue weighted by Gasteiger charge is 2.42. The average Bonchev–Trinajstić information content (AvgIpc) is 3.10. The first-order valence-electron chi connectivity index (χ1n) is 12.6. The van der Waals surface area contributed by atoms with Crippen LogP contribution in [0.1, 0.15) is 55.9 Å². The minimum Gasteiger partial charge on any atom is -0.459 e. The summed E-state index contributed by atoms with van der Waals surface area (Å²) in [6.07, 6.45) is 2.94. The van der Waals surface area contributed by atoms with Crippen LogP contribution in [0.25, 0.3) is 10.9 Å². The highest BCUT2D eigenvalue weighted by molar-refractivity contribution is 7.91. The number of aromatic nitrogens is 1. The van der Waals surface area contributed by atoms with Crippen LogP contribution in [0.15, 0.2) is 70.4 Å². The second-order valence-corrected chi connectivity index (χ2v) is 12.2. The molecule has 2 aliphatic rings. The van der Waals surface area contributed by atoms with E-state index in [0.717, 1.165) is 23.7 Å². The number of nitrogens with zero attached hydrogens (tertiary/aromatic N) is 2. The van der Waals surface area contributed by atoms with Gasteiger partial charge in [0.1, 0.15) is 11.7 Å². The monoisotopic (exact) mass is 508 g/mol. The van der Waals surface area contributed by atoms with E-state index in [-0.39, 0.29) is 41.1 Å². The van der Waals surface area contributed by atoms with Crippen LogP contribution in [0.5, 0.6) is 0 Å². The number of pyridine rings is 1. The third-order valence-corrected chi connectivity index (χ3v) is 9.23. The molecule has 2 fully saturated rings. The van der Waals surface area contributed by atoms with Crippen LogP contribution in [0.4, 0.5) is 0 Å². The van der Waals surface area contributed by atoms with Gasteiger partial charge in [-0.1, -0.05) is 36.4 Å². The number of benzene rings is 2. The lowest BCUT2D eigenvalue weighted by atomic mass is 9.99. The lowest BCUT2D eigenvalue weighted by Crippen LogP contribution is -2.47. The number of piperidine rings is 1. The molecule has 3 atom stereocenters. The molecule has 190 valence electrons. The van der Waals surface area contributed by atoms with E-state index in [1.807, 2.05) is 38.1 Å². The van der Waals surface area contributed by atoms with E-state index < -0.39 is 15.8 Å². The number of para-hydroxylation sites is 1. The quantitative estimate of drug-likeness (QED) is 0.445. The molecular weight excluding hydrogens is 476 g/mol. The second kappa shape index (κ2) is 9.82. The van der Waals surface area contributed by atoms with Crippen molar-refractivity contribution in [2.75, 3.05) is 12.3 Å². The summed E-state index contributed by atoms with van der Waals surface area (Å²) in [5.41, 5.74) is 0.525. The standard InChI is InChI=1S/C28H32N2O5S/c1-19(2)30-26-11-7-6-8-20(26)16-25(27(30)31)28(32)35-23-17-21-12-13-22(18-23)29(21)14-15-36(33,34)24-9-4-3-5-10-24/h3-11,16,19,21-23H,12-15,17-18H2,1-2H3/t21-,22+,23?. The smallest absolute Gasteiger partial charge is 0.344 e. The Balaban J connectivity index is 1.28. The molecule has 5 rings (SSSR count). The fourth-order valence-corrected chi connectivity index (χ4v) is 7.07. The van der Waals surface area contributed by atoms with Crippen LogP contribution in [0, 0.1) is 0 Å². The maximum atomic E-state index is 13.2. The van der Waals surface area contributed by atoms with Crippen molar-refractivity contribution in [1.82, 2.24) is 9.47 Å². The Bertz CT molecular complexity index is 1420. The SMILES string of the molecule is CC(C)n1c(=O)c(C(=O)OC2C[C@H]3CC[C@@H](C2)N3CCS(=O)(=O)c2ccccc2)cc2ccccc21. The molecule has 0 saturated carbocycles. The lowest BCUT2D eigenvalue weighted by Gasteiger charge is -2.38. The Morgan fingerprint density at radius 2 is 1.64 bits per heavy atom. The van der Waals surface area contributed by atoms with Crippen molar-refractivity contribution in [2.24, 2.45) is 0 Å². The zero-order chi connectivity index (χ0) is 25.4. The van der Waals surface area contributed by atoms with Crippen LogP contribution in [-0.2, 0) is 14.6 Å². The summed E-state index contributed by atoms with van der Waals surface area (Å²) < 4.78 is 33.0. The normalized spacial score (nSPS) is 22.2. The predicted molar refractivity (Wildman–Crippen MR) is 139 cm³/mol. The van der Waals surface area contributed by atoms with Crippen LogP contribution in [0.3, 0.4) is 0 Å². The number of fused-ring (bicyclic) bond motifs is 3. The van der Waals surface area contributed by atoms with E-state index in [0.29, 0.717) is 24.3 Å². The van der Waals surface area contributed by atoms with Gasteiger partial charge in [0, 0.05) is 37.5 Å². The number of hydrogen-bond donors (Lipinski definition) is 0. The van der Waals surface area contributed by atoms with Crippen LogP contribution in [0.2, 0.25) is 0 Å². The molecule has 36 heavy (non-hydrogen) atoms. The van der Waals surface area contributed by atoms with Gasteiger partial charge in [-0.2, -0.15) is 0 Å². The molecule has 0 radical (unpaired) electrons. The van der Waals surface area contributed by atoms with Crippen LogP contribution < -0.4 is 5.56 Å². The molecule has 1 aromatic heterocycles. The number of rotatable bonds is 7. The van der Waals surface area contributed by atoms with Crippen LogP contribution in [-0.4, -0.2) is 54.3 Å². The van der Waals surface area contributed by atoms with Gasteiger partial charge in [0.15, 0.2) is 9.84 Å². The Morgan fingerprint density at radius 3 is 2.31 bits per heavy atom. The number of carbonyl (C=O) groups excluding carboxylic acids is 1. The minimum absolute atomic E-state index is 0.0612. The van der Waals surface area contributed by atoms with Gasteiger partial charge in [0.2, 0.25) is 0 Å². The topological polar surface area (TPSA) is 85.7 Å².